The highest BCUT2D eigenvalue weighted by Gasteiger charge is 2.31. The molecule has 0 saturated carbocycles. The van der Waals surface area contributed by atoms with Crippen LogP contribution in [0.3, 0.4) is 0 Å². The molecule has 0 aromatic heterocycles. The summed E-state index contributed by atoms with van der Waals surface area (Å²) in [5.74, 6) is 0.851. The highest BCUT2D eigenvalue weighted by Crippen LogP contribution is 2.25. The first-order valence-corrected chi connectivity index (χ1v) is 3.91. The number of nitrogens with zero attached hydrogens (tertiary/aromatic N) is 1. The van der Waals surface area contributed by atoms with Crippen molar-refractivity contribution in [3.8, 4) is 0 Å². The maximum Gasteiger partial charge on any atom is 0.180 e. The lowest BCUT2D eigenvalue weighted by molar-refractivity contribution is 0.243. The predicted octanol–water partition coefficient (Wildman–Crippen LogP) is 1.99. The fourth-order valence-corrected chi connectivity index (χ4v) is 1.25. The minimum absolute atomic E-state index is 0.115. The summed E-state index contributed by atoms with van der Waals surface area (Å²) in [6.07, 6.45) is 2.17. The molecule has 1 rings (SSSR count). The molecule has 1 aliphatic rings. The van der Waals surface area contributed by atoms with Crippen LogP contribution in [-0.4, -0.2) is 18.0 Å². The molecular weight excluding hydrogens is 126 g/mol. The molecule has 0 atom stereocenters. The molecule has 0 bridgehead atoms. The molecule has 0 N–H and O–H groups in total. The lowest BCUT2D eigenvalue weighted by Crippen LogP contribution is -2.25. The quantitative estimate of drug-likeness (QED) is 0.576. The van der Waals surface area contributed by atoms with E-state index in [-0.39, 0.29) is 5.54 Å². The van der Waals surface area contributed by atoms with Crippen LogP contribution in [0.1, 0.15) is 33.6 Å². The number of ether oxygens (including phenoxy) is 1. The van der Waals surface area contributed by atoms with Gasteiger partial charge in [-0.1, -0.05) is 13.8 Å². The molecule has 0 fully saturated rings. The highest BCUT2D eigenvalue weighted by atomic mass is 16.5. The SMILES string of the molecule is CCC1(CC)COC(C)=N1. The van der Waals surface area contributed by atoms with Gasteiger partial charge in [-0.15, -0.1) is 0 Å². The molecule has 0 amide bonds. The molecule has 0 radical (unpaired) electrons. The Morgan fingerprint density at radius 3 is 2.30 bits per heavy atom. The van der Waals surface area contributed by atoms with Gasteiger partial charge in [0.15, 0.2) is 5.90 Å². The Bertz CT molecular complexity index is 147. The summed E-state index contributed by atoms with van der Waals surface area (Å²) in [5.41, 5.74) is 0.115. The standard InChI is InChI=1S/C8H15NO/c1-4-8(5-2)6-10-7(3)9-8/h4-6H2,1-3H3. The number of rotatable bonds is 2. The third-order valence-corrected chi connectivity index (χ3v) is 2.26. The Balaban J connectivity index is 2.68. The summed E-state index contributed by atoms with van der Waals surface area (Å²) in [6.45, 7) is 7.03. The van der Waals surface area contributed by atoms with Crippen LogP contribution in [0.25, 0.3) is 0 Å². The van der Waals surface area contributed by atoms with E-state index in [0.717, 1.165) is 25.3 Å². The van der Waals surface area contributed by atoms with Gasteiger partial charge >= 0.3 is 0 Å². The highest BCUT2D eigenvalue weighted by molar-refractivity contribution is 5.75. The average Bonchev–Trinajstić information content (AvgIpc) is 2.33. The van der Waals surface area contributed by atoms with Crippen molar-refractivity contribution in [2.45, 2.75) is 39.2 Å². The second kappa shape index (κ2) is 2.60. The number of hydrogen-bond acceptors (Lipinski definition) is 2. The predicted molar refractivity (Wildman–Crippen MR) is 42.4 cm³/mol. The third kappa shape index (κ3) is 1.15. The summed E-state index contributed by atoms with van der Waals surface area (Å²) >= 11 is 0. The van der Waals surface area contributed by atoms with Crippen LogP contribution in [0.5, 0.6) is 0 Å². The van der Waals surface area contributed by atoms with Gasteiger partial charge in [-0.2, -0.15) is 0 Å². The molecule has 0 aliphatic carbocycles. The maximum absolute atomic E-state index is 5.30. The molecule has 0 saturated heterocycles. The first-order valence-electron chi connectivity index (χ1n) is 3.91. The summed E-state index contributed by atoms with van der Waals surface area (Å²) in [7, 11) is 0. The van der Waals surface area contributed by atoms with E-state index in [2.05, 4.69) is 18.8 Å². The molecule has 1 aliphatic heterocycles. The first kappa shape index (κ1) is 7.58. The normalized spacial score (nSPS) is 22.1. The Hall–Kier alpha value is -0.530. The van der Waals surface area contributed by atoms with Crippen molar-refractivity contribution in [2.24, 2.45) is 4.99 Å². The van der Waals surface area contributed by atoms with Gasteiger partial charge in [-0.25, -0.2) is 4.99 Å². The minimum Gasteiger partial charge on any atom is -0.479 e. The molecule has 0 unspecified atom stereocenters. The van der Waals surface area contributed by atoms with Gasteiger partial charge in [0.25, 0.3) is 0 Å². The molecule has 0 aromatic rings. The van der Waals surface area contributed by atoms with Crippen LogP contribution < -0.4 is 0 Å². The fraction of sp³-hybridized carbons (Fsp3) is 0.875. The van der Waals surface area contributed by atoms with Crippen molar-refractivity contribution in [2.75, 3.05) is 6.61 Å². The Morgan fingerprint density at radius 2 is 2.10 bits per heavy atom. The van der Waals surface area contributed by atoms with Crippen molar-refractivity contribution in [3.05, 3.63) is 0 Å². The van der Waals surface area contributed by atoms with Gasteiger partial charge < -0.3 is 4.74 Å². The van der Waals surface area contributed by atoms with E-state index in [0.29, 0.717) is 0 Å². The van der Waals surface area contributed by atoms with Crippen molar-refractivity contribution >= 4 is 5.90 Å². The second-order valence-electron chi connectivity index (χ2n) is 2.85. The molecule has 0 spiro atoms. The number of aliphatic imine (C=N–C) groups is 1. The zero-order valence-electron chi connectivity index (χ0n) is 6.98. The monoisotopic (exact) mass is 141 g/mol. The summed E-state index contributed by atoms with van der Waals surface area (Å²) in [5, 5.41) is 0. The van der Waals surface area contributed by atoms with Crippen LogP contribution in [-0.2, 0) is 4.74 Å². The van der Waals surface area contributed by atoms with Crippen molar-refractivity contribution in [1.82, 2.24) is 0 Å². The van der Waals surface area contributed by atoms with Crippen LogP contribution in [0.4, 0.5) is 0 Å². The van der Waals surface area contributed by atoms with E-state index < -0.39 is 0 Å². The molecule has 58 valence electrons. The van der Waals surface area contributed by atoms with Gasteiger partial charge in [0.05, 0.1) is 5.54 Å². The summed E-state index contributed by atoms with van der Waals surface area (Å²) in [4.78, 5) is 4.45. The van der Waals surface area contributed by atoms with E-state index in [9.17, 15) is 0 Å². The lowest BCUT2D eigenvalue weighted by Gasteiger charge is -2.18. The van der Waals surface area contributed by atoms with Crippen LogP contribution in [0, 0.1) is 0 Å². The Labute approximate surface area is 62.3 Å². The largest absolute Gasteiger partial charge is 0.479 e. The van der Waals surface area contributed by atoms with E-state index in [1.165, 1.54) is 0 Å². The molecular formula is C8H15NO. The van der Waals surface area contributed by atoms with Gasteiger partial charge in [-0.05, 0) is 12.8 Å². The molecule has 2 nitrogen and oxygen atoms in total. The summed E-state index contributed by atoms with van der Waals surface area (Å²) in [6, 6.07) is 0. The lowest BCUT2D eigenvalue weighted by atomic mass is 9.96. The summed E-state index contributed by atoms with van der Waals surface area (Å²) < 4.78 is 5.30. The zero-order valence-corrected chi connectivity index (χ0v) is 6.98. The molecule has 1 heterocycles. The van der Waals surface area contributed by atoms with E-state index >= 15 is 0 Å². The van der Waals surface area contributed by atoms with Gasteiger partial charge in [0, 0.05) is 6.92 Å². The topological polar surface area (TPSA) is 21.6 Å². The second-order valence-corrected chi connectivity index (χ2v) is 2.85. The van der Waals surface area contributed by atoms with Crippen molar-refractivity contribution in [3.63, 3.8) is 0 Å². The average molecular weight is 141 g/mol. The first-order chi connectivity index (χ1) is 4.72. The maximum atomic E-state index is 5.30. The molecule has 0 aromatic carbocycles. The van der Waals surface area contributed by atoms with Crippen molar-refractivity contribution < 1.29 is 4.74 Å². The Kier molecular flexibility index (Phi) is 1.97. The Morgan fingerprint density at radius 1 is 1.50 bits per heavy atom. The van der Waals surface area contributed by atoms with Crippen LogP contribution >= 0.6 is 0 Å². The van der Waals surface area contributed by atoms with Crippen LogP contribution in [0.2, 0.25) is 0 Å². The van der Waals surface area contributed by atoms with Gasteiger partial charge in [-0.3, -0.25) is 0 Å². The minimum atomic E-state index is 0.115. The molecule has 10 heavy (non-hydrogen) atoms. The smallest absolute Gasteiger partial charge is 0.180 e. The third-order valence-electron chi connectivity index (χ3n) is 2.26. The van der Waals surface area contributed by atoms with E-state index in [1.54, 1.807) is 0 Å². The zero-order chi connectivity index (χ0) is 7.61. The number of hydrogen-bond donors (Lipinski definition) is 0. The molecule has 2 heteroatoms. The van der Waals surface area contributed by atoms with Crippen LogP contribution in [0.15, 0.2) is 4.99 Å². The van der Waals surface area contributed by atoms with E-state index in [4.69, 9.17) is 4.74 Å². The van der Waals surface area contributed by atoms with Crippen molar-refractivity contribution in [1.29, 1.82) is 0 Å². The van der Waals surface area contributed by atoms with E-state index in [1.807, 2.05) is 6.92 Å². The fourth-order valence-electron chi connectivity index (χ4n) is 1.25. The van der Waals surface area contributed by atoms with Gasteiger partial charge in [0.2, 0.25) is 0 Å². The van der Waals surface area contributed by atoms with Gasteiger partial charge in [0.1, 0.15) is 6.61 Å².